The molecular weight excluding hydrogens is 248 g/mol. The van der Waals surface area contributed by atoms with E-state index < -0.39 is 0 Å². The van der Waals surface area contributed by atoms with E-state index in [0.717, 1.165) is 12.2 Å². The van der Waals surface area contributed by atoms with Gasteiger partial charge in [0.1, 0.15) is 5.65 Å². The molecule has 2 fully saturated rings. The number of aromatic nitrogens is 2. The van der Waals surface area contributed by atoms with Gasteiger partial charge < -0.3 is 9.72 Å². The zero-order valence-electron chi connectivity index (χ0n) is 12.1. The monoisotopic (exact) mass is 270 g/mol. The lowest BCUT2D eigenvalue weighted by Gasteiger charge is -2.22. The molecule has 2 aliphatic rings. The Morgan fingerprint density at radius 3 is 3.20 bits per heavy atom. The number of nitrogens with zero attached hydrogens (tertiary/aromatic N) is 3. The van der Waals surface area contributed by atoms with Crippen molar-refractivity contribution < 1.29 is 0 Å². The maximum Gasteiger partial charge on any atom is 0.137 e. The fourth-order valence-corrected chi connectivity index (χ4v) is 3.79. The van der Waals surface area contributed by atoms with Gasteiger partial charge in [0, 0.05) is 25.8 Å². The summed E-state index contributed by atoms with van der Waals surface area (Å²) in [5, 5.41) is 3.53. The van der Waals surface area contributed by atoms with Gasteiger partial charge in [0.25, 0.3) is 0 Å². The van der Waals surface area contributed by atoms with Gasteiger partial charge in [-0.05, 0) is 56.0 Å². The molecule has 20 heavy (non-hydrogen) atoms. The second-order valence-corrected chi connectivity index (χ2v) is 6.57. The summed E-state index contributed by atoms with van der Waals surface area (Å²) >= 11 is 0. The van der Waals surface area contributed by atoms with Crippen molar-refractivity contribution in [1.82, 2.24) is 19.6 Å². The molecule has 106 valence electrons. The average molecular weight is 270 g/mol. The maximum atomic E-state index is 4.53. The van der Waals surface area contributed by atoms with Gasteiger partial charge in [-0.25, -0.2) is 4.98 Å². The topological polar surface area (TPSA) is 32.6 Å². The van der Waals surface area contributed by atoms with E-state index in [0.29, 0.717) is 5.41 Å². The third-order valence-electron chi connectivity index (χ3n) is 4.98. The van der Waals surface area contributed by atoms with Gasteiger partial charge in [0.2, 0.25) is 0 Å². The molecule has 1 N–H and O–H groups in total. The number of hydrogen-bond acceptors (Lipinski definition) is 3. The average Bonchev–Trinajstić information content (AvgIpc) is 3.14. The third kappa shape index (κ3) is 2.03. The molecule has 2 aromatic rings. The third-order valence-corrected chi connectivity index (χ3v) is 4.98. The van der Waals surface area contributed by atoms with Crippen LogP contribution in [0.3, 0.4) is 0 Å². The Kier molecular flexibility index (Phi) is 2.82. The Bertz CT molecular complexity index is 624. The van der Waals surface area contributed by atoms with Crippen molar-refractivity contribution in [3.63, 3.8) is 0 Å². The minimum atomic E-state index is 0.553. The van der Waals surface area contributed by atoms with Crippen molar-refractivity contribution in [3.8, 4) is 0 Å². The molecule has 0 bridgehead atoms. The predicted octanol–water partition coefficient (Wildman–Crippen LogP) is 1.83. The van der Waals surface area contributed by atoms with Gasteiger partial charge >= 0.3 is 0 Å². The first kappa shape index (κ1) is 12.4. The summed E-state index contributed by atoms with van der Waals surface area (Å²) < 4.78 is 2.23. The minimum absolute atomic E-state index is 0.553. The first-order valence-electron chi connectivity index (χ1n) is 7.60. The van der Waals surface area contributed by atoms with Crippen LogP contribution < -0.4 is 5.32 Å². The van der Waals surface area contributed by atoms with E-state index in [1.807, 2.05) is 6.20 Å². The molecule has 2 aliphatic heterocycles. The van der Waals surface area contributed by atoms with Gasteiger partial charge in [-0.2, -0.15) is 0 Å². The zero-order chi connectivity index (χ0) is 13.6. The van der Waals surface area contributed by atoms with E-state index in [4.69, 9.17) is 0 Å². The molecule has 1 unspecified atom stereocenters. The standard InChI is InChI=1S/C16H22N4/c1-13-2-6-20-14(9-18-15(20)8-13)10-19-7-4-16(12-19)3-5-17-11-16/h2,6,8-9,17H,3-5,7,10-12H2,1H3. The maximum absolute atomic E-state index is 4.53. The van der Waals surface area contributed by atoms with Crippen LogP contribution in [0.2, 0.25) is 0 Å². The highest BCUT2D eigenvalue weighted by molar-refractivity contribution is 5.42. The van der Waals surface area contributed by atoms with Crippen LogP contribution >= 0.6 is 0 Å². The quantitative estimate of drug-likeness (QED) is 0.903. The van der Waals surface area contributed by atoms with Crippen LogP contribution in [-0.2, 0) is 6.54 Å². The summed E-state index contributed by atoms with van der Waals surface area (Å²) in [6, 6.07) is 4.31. The Labute approximate surface area is 119 Å². The van der Waals surface area contributed by atoms with Crippen LogP contribution in [-0.4, -0.2) is 40.5 Å². The van der Waals surface area contributed by atoms with Crippen LogP contribution in [0.4, 0.5) is 0 Å². The molecule has 4 rings (SSSR count). The van der Waals surface area contributed by atoms with Crippen molar-refractivity contribution in [1.29, 1.82) is 0 Å². The molecule has 1 spiro atoms. The minimum Gasteiger partial charge on any atom is -0.316 e. The van der Waals surface area contributed by atoms with E-state index in [1.165, 1.54) is 50.3 Å². The molecule has 4 heteroatoms. The van der Waals surface area contributed by atoms with Gasteiger partial charge in [-0.15, -0.1) is 0 Å². The lowest BCUT2D eigenvalue weighted by Crippen LogP contribution is -2.29. The molecule has 0 radical (unpaired) electrons. The molecule has 0 aliphatic carbocycles. The molecule has 4 heterocycles. The van der Waals surface area contributed by atoms with Crippen molar-refractivity contribution in [2.75, 3.05) is 26.2 Å². The summed E-state index contributed by atoms with van der Waals surface area (Å²) in [5.74, 6) is 0. The number of imidazole rings is 1. The Morgan fingerprint density at radius 1 is 1.40 bits per heavy atom. The van der Waals surface area contributed by atoms with Crippen molar-refractivity contribution in [3.05, 3.63) is 35.8 Å². The molecule has 0 aromatic carbocycles. The lowest BCUT2D eigenvalue weighted by molar-refractivity contribution is 0.266. The summed E-state index contributed by atoms with van der Waals surface area (Å²) in [7, 11) is 0. The second kappa shape index (κ2) is 4.57. The number of rotatable bonds is 2. The summed E-state index contributed by atoms with van der Waals surface area (Å²) in [6.45, 7) is 8.00. The van der Waals surface area contributed by atoms with Crippen LogP contribution in [0.1, 0.15) is 24.1 Å². The van der Waals surface area contributed by atoms with E-state index in [9.17, 15) is 0 Å². The summed E-state index contributed by atoms with van der Waals surface area (Å²) in [5.41, 5.74) is 4.20. The molecule has 1 atom stereocenters. The van der Waals surface area contributed by atoms with Crippen molar-refractivity contribution >= 4 is 5.65 Å². The fourth-order valence-electron chi connectivity index (χ4n) is 3.79. The number of aryl methyl sites for hydroxylation is 1. The van der Waals surface area contributed by atoms with E-state index in [1.54, 1.807) is 0 Å². The summed E-state index contributed by atoms with van der Waals surface area (Å²) in [6.07, 6.45) is 6.87. The van der Waals surface area contributed by atoms with E-state index in [2.05, 4.69) is 44.9 Å². The van der Waals surface area contributed by atoms with Crippen molar-refractivity contribution in [2.45, 2.75) is 26.3 Å². The van der Waals surface area contributed by atoms with Crippen LogP contribution in [0.25, 0.3) is 5.65 Å². The Hall–Kier alpha value is -1.39. The summed E-state index contributed by atoms with van der Waals surface area (Å²) in [4.78, 5) is 7.13. The number of likely N-dealkylation sites (tertiary alicyclic amines) is 1. The van der Waals surface area contributed by atoms with Gasteiger partial charge in [-0.1, -0.05) is 0 Å². The number of pyridine rings is 1. The Balaban J connectivity index is 1.53. The largest absolute Gasteiger partial charge is 0.316 e. The highest BCUT2D eigenvalue weighted by Gasteiger charge is 2.40. The van der Waals surface area contributed by atoms with Crippen molar-refractivity contribution in [2.24, 2.45) is 5.41 Å². The lowest BCUT2D eigenvalue weighted by atomic mass is 9.87. The van der Waals surface area contributed by atoms with Crippen LogP contribution in [0.15, 0.2) is 24.5 Å². The number of fused-ring (bicyclic) bond motifs is 1. The molecule has 0 amide bonds. The molecule has 4 nitrogen and oxygen atoms in total. The molecule has 0 saturated carbocycles. The Morgan fingerprint density at radius 2 is 2.35 bits per heavy atom. The highest BCUT2D eigenvalue weighted by Crippen LogP contribution is 2.36. The molecule has 2 aromatic heterocycles. The van der Waals surface area contributed by atoms with E-state index >= 15 is 0 Å². The van der Waals surface area contributed by atoms with E-state index in [-0.39, 0.29) is 0 Å². The van der Waals surface area contributed by atoms with Gasteiger partial charge in [-0.3, -0.25) is 4.90 Å². The smallest absolute Gasteiger partial charge is 0.137 e. The van der Waals surface area contributed by atoms with Gasteiger partial charge in [0.05, 0.1) is 11.9 Å². The SMILES string of the molecule is Cc1ccn2c(CN3CCC4(CCNC4)C3)cnc2c1. The normalized spacial score (nSPS) is 27.1. The first-order chi connectivity index (χ1) is 9.74. The zero-order valence-corrected chi connectivity index (χ0v) is 12.1. The second-order valence-electron chi connectivity index (χ2n) is 6.57. The highest BCUT2D eigenvalue weighted by atomic mass is 15.2. The predicted molar refractivity (Wildman–Crippen MR) is 79.7 cm³/mol. The molecule has 2 saturated heterocycles. The number of hydrogen-bond donors (Lipinski definition) is 1. The van der Waals surface area contributed by atoms with Crippen LogP contribution in [0.5, 0.6) is 0 Å². The van der Waals surface area contributed by atoms with Crippen LogP contribution in [0, 0.1) is 12.3 Å². The first-order valence-corrected chi connectivity index (χ1v) is 7.60. The number of nitrogens with one attached hydrogen (secondary N) is 1. The fraction of sp³-hybridized carbons (Fsp3) is 0.562. The van der Waals surface area contributed by atoms with Gasteiger partial charge in [0.15, 0.2) is 0 Å². The molecular formula is C16H22N4.